The van der Waals surface area contributed by atoms with Crippen molar-refractivity contribution in [3.05, 3.63) is 58.9 Å². The van der Waals surface area contributed by atoms with Crippen LogP contribution in [0.1, 0.15) is 18.9 Å². The first-order valence-electron chi connectivity index (χ1n) is 11.2. The molecule has 0 bridgehead atoms. The van der Waals surface area contributed by atoms with Crippen LogP contribution in [0.4, 0.5) is 14.9 Å². The first-order valence-corrected chi connectivity index (χ1v) is 11.5. The lowest BCUT2D eigenvalue weighted by atomic mass is 10.1. The van der Waals surface area contributed by atoms with E-state index in [1.807, 2.05) is 6.92 Å². The number of carbonyl (C=O) groups excluding carboxylic acids is 2. The molecule has 0 aliphatic carbocycles. The van der Waals surface area contributed by atoms with E-state index in [4.69, 9.17) is 21.4 Å². The number of rotatable bonds is 9. The van der Waals surface area contributed by atoms with Gasteiger partial charge in [-0.25, -0.2) is 9.18 Å². The number of piperazine rings is 1. The van der Waals surface area contributed by atoms with Crippen LogP contribution in [0.5, 0.6) is 5.75 Å². The van der Waals surface area contributed by atoms with E-state index in [2.05, 4.69) is 15.5 Å². The van der Waals surface area contributed by atoms with E-state index >= 15 is 0 Å². The monoisotopic (exact) mass is 506 g/mol. The Morgan fingerprint density at radius 2 is 1.91 bits per heavy atom. The molecule has 3 amide bonds. The Balaban J connectivity index is 1.52. The quantitative estimate of drug-likeness (QED) is 0.481. The number of ether oxygens (including phenoxy) is 1. The first-order chi connectivity index (χ1) is 16.7. The fraction of sp³-hybridized carbons (Fsp3) is 0.375. The van der Waals surface area contributed by atoms with Gasteiger partial charge in [0, 0.05) is 43.8 Å². The van der Waals surface area contributed by atoms with E-state index in [-0.39, 0.29) is 48.8 Å². The normalized spacial score (nSPS) is 16.0. The fourth-order valence-corrected chi connectivity index (χ4v) is 3.96. The second-order valence-corrected chi connectivity index (χ2v) is 8.69. The van der Waals surface area contributed by atoms with Gasteiger partial charge in [-0.2, -0.15) is 0 Å². The van der Waals surface area contributed by atoms with Gasteiger partial charge in [0.25, 0.3) is 5.91 Å². The minimum Gasteiger partial charge on any atom is -0.482 e. The summed E-state index contributed by atoms with van der Waals surface area (Å²) in [6.45, 7) is 4.26. The summed E-state index contributed by atoms with van der Waals surface area (Å²) in [5.74, 6) is -1.22. The minimum atomic E-state index is -1.03. The van der Waals surface area contributed by atoms with E-state index < -0.39 is 12.0 Å². The third-order valence-electron chi connectivity index (χ3n) is 5.52. The summed E-state index contributed by atoms with van der Waals surface area (Å²) in [7, 11) is 0. The summed E-state index contributed by atoms with van der Waals surface area (Å²) in [4.78, 5) is 39.5. The number of amides is 3. The van der Waals surface area contributed by atoms with Gasteiger partial charge in [-0.1, -0.05) is 23.7 Å². The van der Waals surface area contributed by atoms with Gasteiger partial charge in [0.1, 0.15) is 11.6 Å². The summed E-state index contributed by atoms with van der Waals surface area (Å²) in [6.07, 6.45) is -0.212. The zero-order chi connectivity index (χ0) is 25.4. The van der Waals surface area contributed by atoms with Crippen LogP contribution in [-0.4, -0.2) is 71.6 Å². The van der Waals surface area contributed by atoms with Crippen molar-refractivity contribution < 1.29 is 28.6 Å². The number of carboxylic acid groups (broad SMARTS) is 1. The van der Waals surface area contributed by atoms with Crippen LogP contribution in [0.25, 0.3) is 0 Å². The maximum Gasteiger partial charge on any atom is 0.319 e. The maximum absolute atomic E-state index is 13.1. The summed E-state index contributed by atoms with van der Waals surface area (Å²) < 4.78 is 18.8. The Hall–Kier alpha value is -3.37. The highest BCUT2D eigenvalue weighted by atomic mass is 35.5. The number of urea groups is 1. The van der Waals surface area contributed by atoms with E-state index in [1.165, 1.54) is 18.2 Å². The molecule has 0 spiro atoms. The molecule has 2 aromatic rings. The predicted octanol–water partition coefficient (Wildman–Crippen LogP) is 3.19. The van der Waals surface area contributed by atoms with Crippen molar-refractivity contribution in [2.45, 2.75) is 25.9 Å². The Kier molecular flexibility index (Phi) is 9.27. The second-order valence-electron chi connectivity index (χ2n) is 8.25. The smallest absolute Gasteiger partial charge is 0.319 e. The van der Waals surface area contributed by atoms with Crippen LogP contribution in [0.3, 0.4) is 0 Å². The van der Waals surface area contributed by atoms with Crippen molar-refractivity contribution in [3.8, 4) is 5.75 Å². The average molecular weight is 507 g/mol. The molecule has 3 rings (SSSR count). The second kappa shape index (κ2) is 12.4. The molecule has 3 N–H and O–H groups in total. The number of hydrogen-bond acceptors (Lipinski definition) is 5. The Bertz CT molecular complexity index is 1050. The van der Waals surface area contributed by atoms with Crippen LogP contribution in [0.15, 0.2) is 42.5 Å². The molecule has 35 heavy (non-hydrogen) atoms. The molecule has 0 radical (unpaired) electrons. The molecular weight excluding hydrogens is 479 g/mol. The molecule has 1 aliphatic heterocycles. The molecule has 1 atom stereocenters. The van der Waals surface area contributed by atoms with E-state index in [0.717, 1.165) is 5.56 Å². The van der Waals surface area contributed by atoms with Crippen molar-refractivity contribution in [3.63, 3.8) is 0 Å². The first kappa shape index (κ1) is 26.2. The van der Waals surface area contributed by atoms with E-state index in [1.54, 1.807) is 29.2 Å². The van der Waals surface area contributed by atoms with Crippen molar-refractivity contribution >= 4 is 35.2 Å². The number of nitrogens with one attached hydrogen (secondary N) is 2. The summed E-state index contributed by atoms with van der Waals surface area (Å²) in [6, 6.07) is 10.3. The predicted molar refractivity (Wildman–Crippen MR) is 129 cm³/mol. The third-order valence-corrected chi connectivity index (χ3v) is 5.75. The lowest BCUT2D eigenvalue weighted by Crippen LogP contribution is -2.54. The summed E-state index contributed by atoms with van der Waals surface area (Å²) in [5.41, 5.74) is 1.27. The summed E-state index contributed by atoms with van der Waals surface area (Å²) in [5, 5.41) is 14.0. The topological polar surface area (TPSA) is 111 Å². The molecule has 11 heteroatoms. The number of halogens is 2. The fourth-order valence-electron chi connectivity index (χ4n) is 3.79. The lowest BCUT2D eigenvalue weighted by Gasteiger charge is -2.39. The molecule has 188 valence electrons. The number of hydrogen-bond donors (Lipinski definition) is 3. The van der Waals surface area contributed by atoms with Crippen LogP contribution in [-0.2, 0) is 16.1 Å². The van der Waals surface area contributed by atoms with Crippen LogP contribution in [0, 0.1) is 5.82 Å². The van der Waals surface area contributed by atoms with Crippen LogP contribution in [0.2, 0.25) is 5.02 Å². The van der Waals surface area contributed by atoms with E-state index in [9.17, 15) is 18.8 Å². The molecule has 0 aromatic heterocycles. The molecule has 1 aliphatic rings. The van der Waals surface area contributed by atoms with Crippen molar-refractivity contribution in [2.75, 3.05) is 38.1 Å². The Morgan fingerprint density at radius 3 is 2.60 bits per heavy atom. The number of benzene rings is 2. The Labute approximate surface area is 207 Å². The number of carboxylic acids is 1. The molecule has 9 nitrogen and oxygen atoms in total. The van der Waals surface area contributed by atoms with Gasteiger partial charge < -0.3 is 25.4 Å². The van der Waals surface area contributed by atoms with E-state index in [0.29, 0.717) is 31.2 Å². The number of aliphatic carboxylic acids is 1. The highest BCUT2D eigenvalue weighted by molar-refractivity contribution is 6.31. The SMILES string of the molecule is C[C@@H]1CN(Cc2ccc(F)cc2)CCN1C(=O)COc1ccc(Cl)cc1NC(=O)NCCC(=O)O. The molecule has 0 saturated carbocycles. The minimum absolute atomic E-state index is 0.0388. The molecule has 0 unspecified atom stereocenters. The van der Waals surface area contributed by atoms with Crippen molar-refractivity contribution in [2.24, 2.45) is 0 Å². The average Bonchev–Trinajstić information content (AvgIpc) is 2.80. The molecule has 1 heterocycles. The van der Waals surface area contributed by atoms with Gasteiger partial charge in [0.2, 0.25) is 0 Å². The Morgan fingerprint density at radius 1 is 1.17 bits per heavy atom. The standard InChI is InChI=1S/C24H28ClFN4O5/c1-16-13-29(14-17-2-5-19(26)6-3-17)10-11-30(16)22(31)15-35-21-7-4-18(25)12-20(21)28-24(34)27-9-8-23(32)33/h2-7,12,16H,8-11,13-15H2,1H3,(H,32,33)(H2,27,28,34)/t16-/m1/s1. The zero-order valence-electron chi connectivity index (χ0n) is 19.3. The molecule has 1 fully saturated rings. The van der Waals surface area contributed by atoms with Gasteiger partial charge in [0.15, 0.2) is 6.61 Å². The maximum atomic E-state index is 13.1. The van der Waals surface area contributed by atoms with Gasteiger partial charge in [-0.15, -0.1) is 0 Å². The third kappa shape index (κ3) is 8.11. The van der Waals surface area contributed by atoms with Gasteiger partial charge in [-0.05, 0) is 42.8 Å². The lowest BCUT2D eigenvalue weighted by molar-refractivity contribution is -0.138. The summed E-state index contributed by atoms with van der Waals surface area (Å²) >= 11 is 6.03. The van der Waals surface area contributed by atoms with Gasteiger partial charge in [-0.3, -0.25) is 14.5 Å². The van der Waals surface area contributed by atoms with Crippen molar-refractivity contribution in [1.82, 2.24) is 15.1 Å². The van der Waals surface area contributed by atoms with Gasteiger partial charge in [0.05, 0.1) is 12.1 Å². The highest BCUT2D eigenvalue weighted by Gasteiger charge is 2.27. The molecule has 1 saturated heterocycles. The molecular formula is C24H28ClFN4O5. The number of carbonyl (C=O) groups is 3. The van der Waals surface area contributed by atoms with Gasteiger partial charge >= 0.3 is 12.0 Å². The highest BCUT2D eigenvalue weighted by Crippen LogP contribution is 2.28. The van der Waals surface area contributed by atoms with Crippen molar-refractivity contribution in [1.29, 1.82) is 0 Å². The molecule has 2 aromatic carbocycles. The number of anilines is 1. The number of nitrogens with zero attached hydrogens (tertiary/aromatic N) is 2. The zero-order valence-corrected chi connectivity index (χ0v) is 20.1. The van der Waals surface area contributed by atoms with Crippen LogP contribution < -0.4 is 15.4 Å². The van der Waals surface area contributed by atoms with Crippen LogP contribution >= 0.6 is 11.6 Å². The largest absolute Gasteiger partial charge is 0.482 e.